The summed E-state index contributed by atoms with van der Waals surface area (Å²) in [4.78, 5) is 13.7. The molecular weight excluding hydrogens is 198 g/mol. The van der Waals surface area contributed by atoms with E-state index in [1.165, 1.54) is 5.57 Å². The van der Waals surface area contributed by atoms with Crippen molar-refractivity contribution in [1.82, 2.24) is 4.90 Å². The van der Waals surface area contributed by atoms with E-state index in [-0.39, 0.29) is 18.0 Å². The zero-order valence-corrected chi connectivity index (χ0v) is 10.3. The van der Waals surface area contributed by atoms with Gasteiger partial charge < -0.3 is 4.90 Å². The highest BCUT2D eigenvalue weighted by molar-refractivity contribution is 5.74. The molecule has 2 heteroatoms. The van der Waals surface area contributed by atoms with Crippen LogP contribution in [0.25, 0.3) is 0 Å². The Labute approximate surface area is 98.3 Å². The molecule has 0 fully saturated rings. The third-order valence-corrected chi connectivity index (χ3v) is 3.00. The molecule has 0 aromatic heterocycles. The van der Waals surface area contributed by atoms with E-state index in [2.05, 4.69) is 26.2 Å². The molecule has 0 radical (unpaired) electrons. The first-order chi connectivity index (χ1) is 7.60. The van der Waals surface area contributed by atoms with Gasteiger partial charge in [0.25, 0.3) is 0 Å². The van der Waals surface area contributed by atoms with Crippen LogP contribution in [0.2, 0.25) is 0 Å². The second kappa shape index (κ2) is 5.69. The van der Waals surface area contributed by atoms with Gasteiger partial charge in [-0.3, -0.25) is 4.79 Å². The molecule has 0 N–H and O–H groups in total. The molecule has 1 amide bonds. The van der Waals surface area contributed by atoms with E-state index in [0.29, 0.717) is 0 Å². The SMILES string of the molecule is C=CC[C@H]1CC(C)=C[C@@H](CC=C)N1C(C)=O. The molecule has 0 spiro atoms. The third kappa shape index (κ3) is 2.84. The highest BCUT2D eigenvalue weighted by atomic mass is 16.2. The first kappa shape index (κ1) is 12.8. The average molecular weight is 219 g/mol. The third-order valence-electron chi connectivity index (χ3n) is 3.00. The Balaban J connectivity index is 2.94. The van der Waals surface area contributed by atoms with Gasteiger partial charge in [0.1, 0.15) is 0 Å². The molecule has 0 saturated heterocycles. The number of carbonyl (C=O) groups excluding carboxylic acids is 1. The van der Waals surface area contributed by atoms with Gasteiger partial charge in [0.15, 0.2) is 0 Å². The maximum Gasteiger partial charge on any atom is 0.220 e. The van der Waals surface area contributed by atoms with Crippen LogP contribution in [0, 0.1) is 0 Å². The van der Waals surface area contributed by atoms with E-state index >= 15 is 0 Å². The summed E-state index contributed by atoms with van der Waals surface area (Å²) < 4.78 is 0. The fraction of sp³-hybridized carbons (Fsp3) is 0.500. The summed E-state index contributed by atoms with van der Waals surface area (Å²) in [6.45, 7) is 11.3. The van der Waals surface area contributed by atoms with E-state index in [0.717, 1.165) is 19.3 Å². The molecule has 2 nitrogen and oxygen atoms in total. The van der Waals surface area contributed by atoms with Gasteiger partial charge in [0.05, 0.1) is 6.04 Å². The van der Waals surface area contributed by atoms with E-state index in [9.17, 15) is 4.79 Å². The van der Waals surface area contributed by atoms with Crippen molar-refractivity contribution in [1.29, 1.82) is 0 Å². The Morgan fingerprint density at radius 3 is 2.62 bits per heavy atom. The molecule has 1 heterocycles. The molecule has 88 valence electrons. The van der Waals surface area contributed by atoms with Crippen molar-refractivity contribution in [3.8, 4) is 0 Å². The molecule has 0 unspecified atom stereocenters. The molecule has 0 aromatic carbocycles. The lowest BCUT2D eigenvalue weighted by molar-refractivity contribution is -0.133. The summed E-state index contributed by atoms with van der Waals surface area (Å²) in [5, 5.41) is 0. The van der Waals surface area contributed by atoms with Gasteiger partial charge in [-0.25, -0.2) is 0 Å². The quantitative estimate of drug-likeness (QED) is 0.665. The van der Waals surface area contributed by atoms with Crippen LogP contribution in [0.4, 0.5) is 0 Å². The minimum atomic E-state index is 0.141. The smallest absolute Gasteiger partial charge is 0.220 e. The summed E-state index contributed by atoms with van der Waals surface area (Å²) in [6, 6.07) is 0.443. The maximum absolute atomic E-state index is 11.7. The lowest BCUT2D eigenvalue weighted by Gasteiger charge is -2.39. The zero-order valence-electron chi connectivity index (χ0n) is 10.3. The summed E-state index contributed by atoms with van der Waals surface area (Å²) in [6.07, 6.45) is 8.59. The van der Waals surface area contributed by atoms with Gasteiger partial charge >= 0.3 is 0 Å². The Morgan fingerprint density at radius 2 is 2.12 bits per heavy atom. The fourth-order valence-corrected chi connectivity index (χ4v) is 2.45. The summed E-state index contributed by atoms with van der Waals surface area (Å²) in [5.74, 6) is 0.141. The summed E-state index contributed by atoms with van der Waals surface area (Å²) >= 11 is 0. The summed E-state index contributed by atoms with van der Waals surface area (Å²) in [7, 11) is 0. The normalized spacial score (nSPS) is 24.9. The molecule has 16 heavy (non-hydrogen) atoms. The molecule has 1 aliphatic heterocycles. The molecule has 2 atom stereocenters. The largest absolute Gasteiger partial charge is 0.333 e. The minimum Gasteiger partial charge on any atom is -0.333 e. The van der Waals surface area contributed by atoms with Crippen molar-refractivity contribution in [3.05, 3.63) is 37.0 Å². The van der Waals surface area contributed by atoms with E-state index in [4.69, 9.17) is 0 Å². The van der Waals surface area contributed by atoms with Gasteiger partial charge in [-0.15, -0.1) is 13.2 Å². The van der Waals surface area contributed by atoms with Gasteiger partial charge in [-0.05, 0) is 26.2 Å². The van der Waals surface area contributed by atoms with Crippen LogP contribution < -0.4 is 0 Å². The van der Waals surface area contributed by atoms with E-state index in [1.807, 2.05) is 17.1 Å². The van der Waals surface area contributed by atoms with Crippen molar-refractivity contribution in [2.24, 2.45) is 0 Å². The molecule has 0 saturated carbocycles. The molecule has 0 aromatic rings. The van der Waals surface area contributed by atoms with Crippen LogP contribution in [-0.2, 0) is 4.79 Å². The predicted octanol–water partition coefficient (Wildman–Crippen LogP) is 3.07. The maximum atomic E-state index is 11.7. The van der Waals surface area contributed by atoms with Crippen LogP contribution in [0.3, 0.4) is 0 Å². The fourth-order valence-electron chi connectivity index (χ4n) is 2.45. The number of hydrogen-bond acceptors (Lipinski definition) is 1. The Morgan fingerprint density at radius 1 is 1.50 bits per heavy atom. The first-order valence-electron chi connectivity index (χ1n) is 5.78. The van der Waals surface area contributed by atoms with Crippen molar-refractivity contribution in [2.45, 2.75) is 45.2 Å². The number of amides is 1. The molecule has 1 rings (SSSR count). The topological polar surface area (TPSA) is 20.3 Å². The number of nitrogens with zero attached hydrogens (tertiary/aromatic N) is 1. The van der Waals surface area contributed by atoms with E-state index in [1.54, 1.807) is 6.92 Å². The average Bonchev–Trinajstić information content (AvgIpc) is 2.17. The highest BCUT2D eigenvalue weighted by Gasteiger charge is 2.29. The van der Waals surface area contributed by atoms with Gasteiger partial charge in [-0.2, -0.15) is 0 Å². The Hall–Kier alpha value is -1.31. The van der Waals surface area contributed by atoms with Crippen LogP contribution in [-0.4, -0.2) is 22.9 Å². The standard InChI is InChI=1S/C14H21NO/c1-5-7-13-9-11(3)10-14(8-6-2)15(13)12(4)16/h5-6,9,13-14H,1-2,7-8,10H2,3-4H3/t13-,14+/m1/s1. The lowest BCUT2D eigenvalue weighted by Crippen LogP contribution is -2.47. The second-order valence-corrected chi connectivity index (χ2v) is 4.41. The zero-order chi connectivity index (χ0) is 12.1. The summed E-state index contributed by atoms with van der Waals surface area (Å²) in [5.41, 5.74) is 1.36. The number of carbonyl (C=O) groups is 1. The van der Waals surface area contributed by atoms with Crippen LogP contribution in [0.5, 0.6) is 0 Å². The molecule has 1 aliphatic rings. The van der Waals surface area contributed by atoms with Crippen molar-refractivity contribution >= 4 is 5.91 Å². The monoisotopic (exact) mass is 219 g/mol. The predicted molar refractivity (Wildman–Crippen MR) is 68.1 cm³/mol. The van der Waals surface area contributed by atoms with Gasteiger partial charge in [0, 0.05) is 13.0 Å². The van der Waals surface area contributed by atoms with Crippen LogP contribution >= 0.6 is 0 Å². The van der Waals surface area contributed by atoms with E-state index < -0.39 is 0 Å². The molecule has 0 aliphatic carbocycles. The Bertz CT molecular complexity index is 317. The number of hydrogen-bond donors (Lipinski definition) is 0. The lowest BCUT2D eigenvalue weighted by atomic mass is 9.92. The van der Waals surface area contributed by atoms with Crippen LogP contribution in [0.1, 0.15) is 33.1 Å². The second-order valence-electron chi connectivity index (χ2n) is 4.41. The van der Waals surface area contributed by atoms with Crippen molar-refractivity contribution < 1.29 is 4.79 Å². The number of rotatable bonds is 4. The Kier molecular flexibility index (Phi) is 4.53. The van der Waals surface area contributed by atoms with Crippen molar-refractivity contribution in [2.75, 3.05) is 0 Å². The van der Waals surface area contributed by atoms with Crippen LogP contribution in [0.15, 0.2) is 37.0 Å². The first-order valence-corrected chi connectivity index (χ1v) is 5.78. The highest BCUT2D eigenvalue weighted by Crippen LogP contribution is 2.26. The minimum absolute atomic E-state index is 0.141. The van der Waals surface area contributed by atoms with Crippen molar-refractivity contribution in [3.63, 3.8) is 0 Å². The van der Waals surface area contributed by atoms with Gasteiger partial charge in [-0.1, -0.05) is 23.8 Å². The molecule has 0 bridgehead atoms. The van der Waals surface area contributed by atoms with Gasteiger partial charge in [0.2, 0.25) is 5.91 Å². The molecular formula is C14H21NO.